The SMILES string of the molecule is CCCC1CC(=O)N(CC(C#N)C(F)(F)F)C1. The average molecular weight is 248 g/mol. The Hall–Kier alpha value is -1.25. The molecule has 0 aromatic heterocycles. The second-order valence-corrected chi connectivity index (χ2v) is 4.38. The van der Waals surface area contributed by atoms with Crippen molar-refractivity contribution in [2.45, 2.75) is 32.4 Å². The van der Waals surface area contributed by atoms with Gasteiger partial charge in [0.15, 0.2) is 5.92 Å². The number of carbonyl (C=O) groups excluding carboxylic acids is 1. The van der Waals surface area contributed by atoms with E-state index in [-0.39, 0.29) is 11.8 Å². The molecular weight excluding hydrogens is 233 g/mol. The molecule has 0 N–H and O–H groups in total. The first-order chi connectivity index (χ1) is 7.88. The van der Waals surface area contributed by atoms with Gasteiger partial charge in [0.05, 0.1) is 6.07 Å². The van der Waals surface area contributed by atoms with Crippen LogP contribution >= 0.6 is 0 Å². The van der Waals surface area contributed by atoms with Gasteiger partial charge in [0.25, 0.3) is 0 Å². The van der Waals surface area contributed by atoms with Crippen LogP contribution in [-0.2, 0) is 4.79 Å². The molecule has 1 amide bonds. The maximum absolute atomic E-state index is 12.4. The Morgan fingerprint density at radius 1 is 1.59 bits per heavy atom. The van der Waals surface area contributed by atoms with Crippen molar-refractivity contribution in [3.63, 3.8) is 0 Å². The lowest BCUT2D eigenvalue weighted by molar-refractivity contribution is -0.164. The highest BCUT2D eigenvalue weighted by atomic mass is 19.4. The molecule has 96 valence electrons. The van der Waals surface area contributed by atoms with Crippen molar-refractivity contribution in [1.29, 1.82) is 5.26 Å². The summed E-state index contributed by atoms with van der Waals surface area (Å²) in [5, 5.41) is 8.47. The number of amides is 1. The van der Waals surface area contributed by atoms with Gasteiger partial charge in [0.1, 0.15) is 0 Å². The van der Waals surface area contributed by atoms with Crippen LogP contribution in [0.1, 0.15) is 26.2 Å². The lowest BCUT2D eigenvalue weighted by Gasteiger charge is -2.21. The van der Waals surface area contributed by atoms with Crippen molar-refractivity contribution in [3.8, 4) is 6.07 Å². The van der Waals surface area contributed by atoms with Gasteiger partial charge in [-0.1, -0.05) is 13.3 Å². The first-order valence-electron chi connectivity index (χ1n) is 5.62. The number of halogens is 3. The van der Waals surface area contributed by atoms with Crippen molar-refractivity contribution >= 4 is 5.91 Å². The van der Waals surface area contributed by atoms with Gasteiger partial charge in [-0.3, -0.25) is 4.79 Å². The molecule has 2 atom stereocenters. The topological polar surface area (TPSA) is 44.1 Å². The van der Waals surface area contributed by atoms with Gasteiger partial charge in [-0.2, -0.15) is 18.4 Å². The summed E-state index contributed by atoms with van der Waals surface area (Å²) in [6.07, 6.45) is -2.50. The summed E-state index contributed by atoms with van der Waals surface area (Å²) in [4.78, 5) is 12.7. The van der Waals surface area contributed by atoms with E-state index >= 15 is 0 Å². The monoisotopic (exact) mass is 248 g/mol. The van der Waals surface area contributed by atoms with Crippen LogP contribution in [0.2, 0.25) is 0 Å². The molecule has 1 aliphatic rings. The largest absolute Gasteiger partial charge is 0.406 e. The zero-order valence-corrected chi connectivity index (χ0v) is 9.63. The highest BCUT2D eigenvalue weighted by molar-refractivity contribution is 5.78. The first kappa shape index (κ1) is 13.8. The summed E-state index contributed by atoms with van der Waals surface area (Å²) in [6.45, 7) is 1.79. The predicted molar refractivity (Wildman–Crippen MR) is 54.8 cm³/mol. The van der Waals surface area contributed by atoms with Crippen molar-refractivity contribution in [1.82, 2.24) is 4.90 Å². The number of hydrogen-bond acceptors (Lipinski definition) is 2. The van der Waals surface area contributed by atoms with Crippen LogP contribution < -0.4 is 0 Å². The van der Waals surface area contributed by atoms with Crippen LogP contribution in [-0.4, -0.2) is 30.1 Å². The van der Waals surface area contributed by atoms with Crippen molar-refractivity contribution in [3.05, 3.63) is 0 Å². The Kier molecular flexibility index (Phi) is 4.38. The number of carbonyl (C=O) groups is 1. The molecule has 6 heteroatoms. The Morgan fingerprint density at radius 2 is 2.24 bits per heavy atom. The van der Waals surface area contributed by atoms with Gasteiger partial charge >= 0.3 is 6.18 Å². The lowest BCUT2D eigenvalue weighted by atomic mass is 10.0. The summed E-state index contributed by atoms with van der Waals surface area (Å²) in [7, 11) is 0. The minimum absolute atomic E-state index is 0.139. The van der Waals surface area contributed by atoms with Crippen molar-refractivity contribution < 1.29 is 18.0 Å². The highest BCUT2D eigenvalue weighted by Gasteiger charge is 2.43. The second-order valence-electron chi connectivity index (χ2n) is 4.38. The number of rotatable bonds is 4. The molecule has 17 heavy (non-hydrogen) atoms. The van der Waals surface area contributed by atoms with E-state index in [1.165, 1.54) is 11.0 Å². The molecule has 0 aromatic carbocycles. The standard InChI is InChI=1S/C11H15F3N2O/c1-2-3-8-4-10(17)16(6-8)7-9(5-15)11(12,13)14/h8-9H,2-4,6-7H2,1H3. The van der Waals surface area contributed by atoms with E-state index in [1.54, 1.807) is 0 Å². The molecular formula is C11H15F3N2O. The van der Waals surface area contributed by atoms with Crippen molar-refractivity contribution in [2.75, 3.05) is 13.1 Å². The van der Waals surface area contributed by atoms with E-state index in [4.69, 9.17) is 5.26 Å². The minimum Gasteiger partial charge on any atom is -0.341 e. The third-order valence-electron chi connectivity index (χ3n) is 2.95. The summed E-state index contributed by atoms with van der Waals surface area (Å²) in [6, 6.07) is 1.22. The normalized spacial score (nSPS) is 22.6. The number of likely N-dealkylation sites (tertiary alicyclic amines) is 1. The predicted octanol–water partition coefficient (Wildman–Crippen LogP) is 2.34. The molecule has 3 nitrogen and oxygen atoms in total. The maximum atomic E-state index is 12.4. The second kappa shape index (κ2) is 5.39. The zero-order chi connectivity index (χ0) is 13.1. The van der Waals surface area contributed by atoms with E-state index in [2.05, 4.69) is 0 Å². The van der Waals surface area contributed by atoms with E-state index < -0.39 is 18.6 Å². The van der Waals surface area contributed by atoms with Gasteiger partial charge < -0.3 is 4.90 Å². The summed E-state index contributed by atoms with van der Waals surface area (Å²) in [5.41, 5.74) is 0. The zero-order valence-electron chi connectivity index (χ0n) is 9.63. The Bertz CT molecular complexity index is 322. The van der Waals surface area contributed by atoms with Crippen LogP contribution in [0.3, 0.4) is 0 Å². The van der Waals surface area contributed by atoms with E-state index in [0.29, 0.717) is 13.0 Å². The average Bonchev–Trinajstić information content (AvgIpc) is 2.54. The molecule has 1 rings (SSSR count). The summed E-state index contributed by atoms with van der Waals surface area (Å²) >= 11 is 0. The van der Waals surface area contributed by atoms with Crippen LogP contribution in [0.25, 0.3) is 0 Å². The fourth-order valence-corrected chi connectivity index (χ4v) is 2.07. The third-order valence-corrected chi connectivity index (χ3v) is 2.95. The van der Waals surface area contributed by atoms with Gasteiger partial charge in [-0.05, 0) is 12.3 Å². The molecule has 0 radical (unpaired) electrons. The minimum atomic E-state index is -4.56. The van der Waals surface area contributed by atoms with Gasteiger partial charge in [-0.15, -0.1) is 0 Å². The van der Waals surface area contributed by atoms with Crippen LogP contribution in [0.5, 0.6) is 0 Å². The number of nitrogens with zero attached hydrogens (tertiary/aromatic N) is 2. The first-order valence-corrected chi connectivity index (χ1v) is 5.62. The molecule has 1 saturated heterocycles. The Morgan fingerprint density at radius 3 is 2.71 bits per heavy atom. The van der Waals surface area contributed by atoms with Gasteiger partial charge in [0, 0.05) is 19.5 Å². The molecule has 1 heterocycles. The fourth-order valence-electron chi connectivity index (χ4n) is 2.07. The Labute approximate surface area is 98.2 Å². The summed E-state index contributed by atoms with van der Waals surface area (Å²) in [5.74, 6) is -2.21. The smallest absolute Gasteiger partial charge is 0.341 e. The molecule has 0 aliphatic carbocycles. The molecule has 0 spiro atoms. The number of nitriles is 1. The number of alkyl halides is 3. The summed E-state index contributed by atoms with van der Waals surface area (Å²) < 4.78 is 37.2. The molecule has 0 aromatic rings. The van der Waals surface area contributed by atoms with Gasteiger partial charge in [-0.25, -0.2) is 0 Å². The van der Waals surface area contributed by atoms with E-state index in [9.17, 15) is 18.0 Å². The maximum Gasteiger partial charge on any atom is 0.406 e. The van der Waals surface area contributed by atoms with Crippen molar-refractivity contribution in [2.24, 2.45) is 11.8 Å². The lowest BCUT2D eigenvalue weighted by Crippen LogP contribution is -2.37. The van der Waals surface area contributed by atoms with Crippen LogP contribution in [0.4, 0.5) is 13.2 Å². The highest BCUT2D eigenvalue weighted by Crippen LogP contribution is 2.29. The van der Waals surface area contributed by atoms with Gasteiger partial charge in [0.2, 0.25) is 5.91 Å². The Balaban J connectivity index is 2.58. The quantitative estimate of drug-likeness (QED) is 0.766. The van der Waals surface area contributed by atoms with E-state index in [0.717, 1.165) is 12.8 Å². The fraction of sp³-hybridized carbons (Fsp3) is 0.818. The van der Waals surface area contributed by atoms with E-state index in [1.807, 2.05) is 6.92 Å². The molecule has 1 fully saturated rings. The third kappa shape index (κ3) is 3.62. The van der Waals surface area contributed by atoms with Crippen LogP contribution in [0.15, 0.2) is 0 Å². The molecule has 0 saturated carbocycles. The number of hydrogen-bond donors (Lipinski definition) is 0. The molecule has 0 bridgehead atoms. The van der Waals surface area contributed by atoms with Crippen LogP contribution in [0, 0.1) is 23.2 Å². The molecule has 2 unspecified atom stereocenters. The molecule has 1 aliphatic heterocycles.